The van der Waals surface area contributed by atoms with Gasteiger partial charge < -0.3 is 9.84 Å². The molecule has 0 aliphatic rings. The average molecular weight is 283 g/mol. The Hall–Kier alpha value is -2.08. The second-order valence-corrected chi connectivity index (χ2v) is 4.11. The van der Waals surface area contributed by atoms with Gasteiger partial charge >= 0.3 is 6.18 Å². The highest BCUT2D eigenvalue weighted by atomic mass is 19.4. The Balaban J connectivity index is 2.10. The van der Waals surface area contributed by atoms with Crippen LogP contribution in [0.15, 0.2) is 42.6 Å². The van der Waals surface area contributed by atoms with E-state index in [1.807, 2.05) is 0 Å². The van der Waals surface area contributed by atoms with Crippen molar-refractivity contribution in [1.29, 1.82) is 0 Å². The molecule has 0 aliphatic carbocycles. The zero-order valence-corrected chi connectivity index (χ0v) is 10.4. The van der Waals surface area contributed by atoms with Gasteiger partial charge in [-0.3, -0.25) is 0 Å². The molecule has 3 nitrogen and oxygen atoms in total. The molecule has 20 heavy (non-hydrogen) atoms. The molecular formula is C14H12F3NO2. The summed E-state index contributed by atoms with van der Waals surface area (Å²) < 4.78 is 43.6. The molecule has 0 radical (unpaired) electrons. The fraction of sp³-hybridized carbons (Fsp3) is 0.214. The van der Waals surface area contributed by atoms with Crippen LogP contribution in [0.3, 0.4) is 0 Å². The number of rotatable bonds is 4. The van der Waals surface area contributed by atoms with Gasteiger partial charge in [-0.05, 0) is 17.7 Å². The maximum Gasteiger partial charge on any atom is 0.416 e. The van der Waals surface area contributed by atoms with Crippen LogP contribution in [0.4, 0.5) is 13.2 Å². The van der Waals surface area contributed by atoms with E-state index >= 15 is 0 Å². The minimum Gasteiger partial charge on any atom is -0.473 e. The maximum atomic E-state index is 12.8. The zero-order chi connectivity index (χ0) is 14.6. The van der Waals surface area contributed by atoms with Crippen LogP contribution in [0.1, 0.15) is 16.7 Å². The summed E-state index contributed by atoms with van der Waals surface area (Å²) in [4.78, 5) is 3.89. The Morgan fingerprint density at radius 2 is 1.85 bits per heavy atom. The first-order valence-electron chi connectivity index (χ1n) is 5.84. The second kappa shape index (κ2) is 5.92. The Labute approximate surface area is 113 Å². The molecule has 106 valence electrons. The van der Waals surface area contributed by atoms with Crippen LogP contribution in [-0.4, -0.2) is 10.1 Å². The summed E-state index contributed by atoms with van der Waals surface area (Å²) in [5.74, 6) is 0.208. The van der Waals surface area contributed by atoms with Crippen LogP contribution < -0.4 is 4.74 Å². The number of halogens is 3. The van der Waals surface area contributed by atoms with Crippen molar-refractivity contribution in [2.75, 3.05) is 0 Å². The van der Waals surface area contributed by atoms with Crippen molar-refractivity contribution in [3.05, 3.63) is 59.3 Å². The largest absolute Gasteiger partial charge is 0.473 e. The maximum absolute atomic E-state index is 12.8. The van der Waals surface area contributed by atoms with Crippen LogP contribution >= 0.6 is 0 Å². The molecule has 1 N–H and O–H groups in total. The molecule has 0 aliphatic heterocycles. The number of aliphatic hydroxyl groups is 1. The Morgan fingerprint density at radius 1 is 1.10 bits per heavy atom. The third-order valence-corrected chi connectivity index (χ3v) is 2.68. The summed E-state index contributed by atoms with van der Waals surface area (Å²) in [5.41, 5.74) is -0.0620. The monoisotopic (exact) mass is 283 g/mol. The Bertz CT molecular complexity index is 567. The smallest absolute Gasteiger partial charge is 0.416 e. The van der Waals surface area contributed by atoms with Gasteiger partial charge in [0.1, 0.15) is 6.61 Å². The molecule has 2 rings (SSSR count). The molecule has 1 heterocycles. The van der Waals surface area contributed by atoms with E-state index in [0.29, 0.717) is 5.56 Å². The molecule has 0 atom stereocenters. The van der Waals surface area contributed by atoms with E-state index in [1.54, 1.807) is 6.07 Å². The van der Waals surface area contributed by atoms with Crippen molar-refractivity contribution in [3.8, 4) is 5.88 Å². The van der Waals surface area contributed by atoms with Gasteiger partial charge in [0.15, 0.2) is 0 Å². The summed E-state index contributed by atoms with van der Waals surface area (Å²) >= 11 is 0. The van der Waals surface area contributed by atoms with Gasteiger partial charge in [-0.25, -0.2) is 4.98 Å². The van der Waals surface area contributed by atoms with Gasteiger partial charge in [0.25, 0.3) is 0 Å². The first-order valence-corrected chi connectivity index (χ1v) is 5.84. The third kappa shape index (κ3) is 3.48. The van der Waals surface area contributed by atoms with Crippen LogP contribution in [0, 0.1) is 0 Å². The minimum absolute atomic E-state index is 0.0491. The SMILES string of the molecule is OCc1ccc(OCc2ccccc2C(F)(F)F)nc1. The minimum atomic E-state index is -4.41. The predicted molar refractivity (Wildman–Crippen MR) is 65.9 cm³/mol. The lowest BCUT2D eigenvalue weighted by Crippen LogP contribution is -2.11. The van der Waals surface area contributed by atoms with Crippen molar-refractivity contribution in [2.45, 2.75) is 19.4 Å². The van der Waals surface area contributed by atoms with E-state index in [1.165, 1.54) is 30.5 Å². The standard InChI is InChI=1S/C14H12F3NO2/c15-14(16,17)12-4-2-1-3-11(12)9-20-13-6-5-10(8-19)7-18-13/h1-7,19H,8-9H2. The highest BCUT2D eigenvalue weighted by molar-refractivity contribution is 5.29. The lowest BCUT2D eigenvalue weighted by molar-refractivity contribution is -0.138. The van der Waals surface area contributed by atoms with Gasteiger partial charge in [-0.1, -0.05) is 18.2 Å². The summed E-state index contributed by atoms with van der Waals surface area (Å²) in [7, 11) is 0. The van der Waals surface area contributed by atoms with Gasteiger partial charge in [-0.2, -0.15) is 13.2 Å². The second-order valence-electron chi connectivity index (χ2n) is 4.11. The number of nitrogens with zero attached hydrogens (tertiary/aromatic N) is 1. The third-order valence-electron chi connectivity index (χ3n) is 2.68. The topological polar surface area (TPSA) is 42.4 Å². The van der Waals surface area contributed by atoms with Crippen LogP contribution in [0.2, 0.25) is 0 Å². The number of ether oxygens (including phenoxy) is 1. The van der Waals surface area contributed by atoms with Crippen molar-refractivity contribution >= 4 is 0 Å². The number of alkyl halides is 3. The quantitative estimate of drug-likeness (QED) is 0.937. The Kier molecular flexibility index (Phi) is 4.24. The van der Waals surface area contributed by atoms with Crippen molar-refractivity contribution in [3.63, 3.8) is 0 Å². The zero-order valence-electron chi connectivity index (χ0n) is 10.4. The van der Waals surface area contributed by atoms with Crippen molar-refractivity contribution in [1.82, 2.24) is 4.98 Å². The fourth-order valence-corrected chi connectivity index (χ4v) is 1.66. The molecule has 1 aromatic heterocycles. The van der Waals surface area contributed by atoms with Crippen LogP contribution in [-0.2, 0) is 19.4 Å². The molecule has 0 bridgehead atoms. The Morgan fingerprint density at radius 3 is 2.45 bits per heavy atom. The highest BCUT2D eigenvalue weighted by Gasteiger charge is 2.32. The number of hydrogen-bond acceptors (Lipinski definition) is 3. The number of pyridine rings is 1. The normalized spacial score (nSPS) is 11.4. The molecule has 0 amide bonds. The first kappa shape index (κ1) is 14.3. The van der Waals surface area contributed by atoms with Gasteiger partial charge in [0, 0.05) is 17.8 Å². The predicted octanol–water partition coefficient (Wildman–Crippen LogP) is 3.17. The number of aliphatic hydroxyl groups excluding tert-OH is 1. The van der Waals surface area contributed by atoms with E-state index in [9.17, 15) is 13.2 Å². The highest BCUT2D eigenvalue weighted by Crippen LogP contribution is 2.32. The van der Waals surface area contributed by atoms with Crippen LogP contribution in [0.25, 0.3) is 0 Å². The summed E-state index contributed by atoms with van der Waals surface area (Å²) in [6.45, 7) is -0.370. The number of aromatic nitrogens is 1. The van der Waals surface area contributed by atoms with Crippen molar-refractivity contribution < 1.29 is 23.0 Å². The van der Waals surface area contributed by atoms with Gasteiger partial charge in [0.05, 0.1) is 12.2 Å². The molecule has 0 spiro atoms. The molecule has 2 aromatic rings. The first-order chi connectivity index (χ1) is 9.50. The van der Waals surface area contributed by atoms with E-state index in [2.05, 4.69) is 4.98 Å². The van der Waals surface area contributed by atoms with E-state index in [0.717, 1.165) is 6.07 Å². The average Bonchev–Trinajstić information content (AvgIpc) is 2.45. The lowest BCUT2D eigenvalue weighted by Gasteiger charge is -2.13. The summed E-state index contributed by atoms with van der Waals surface area (Å²) in [5, 5.41) is 8.86. The van der Waals surface area contributed by atoms with Crippen LogP contribution in [0.5, 0.6) is 5.88 Å². The molecule has 6 heteroatoms. The fourth-order valence-electron chi connectivity index (χ4n) is 1.66. The van der Waals surface area contributed by atoms with Gasteiger partial charge in [-0.15, -0.1) is 0 Å². The number of benzene rings is 1. The molecule has 0 saturated carbocycles. The molecule has 0 unspecified atom stereocenters. The molecular weight excluding hydrogens is 271 g/mol. The molecule has 0 saturated heterocycles. The lowest BCUT2D eigenvalue weighted by atomic mass is 10.1. The van der Waals surface area contributed by atoms with Crippen molar-refractivity contribution in [2.24, 2.45) is 0 Å². The number of hydrogen-bond donors (Lipinski definition) is 1. The van der Waals surface area contributed by atoms with E-state index < -0.39 is 11.7 Å². The summed E-state index contributed by atoms with van der Waals surface area (Å²) in [6.07, 6.45) is -3.00. The molecule has 1 aromatic carbocycles. The van der Waals surface area contributed by atoms with E-state index in [4.69, 9.17) is 9.84 Å². The summed E-state index contributed by atoms with van der Waals surface area (Å²) in [6, 6.07) is 8.34. The molecule has 0 fully saturated rings. The van der Waals surface area contributed by atoms with Gasteiger partial charge in [0.2, 0.25) is 5.88 Å². The van der Waals surface area contributed by atoms with E-state index in [-0.39, 0.29) is 24.7 Å².